The van der Waals surface area contributed by atoms with Gasteiger partial charge in [-0.2, -0.15) is 15.0 Å². The zero-order valence-electron chi connectivity index (χ0n) is 27.5. The first kappa shape index (κ1) is 31.9. The van der Waals surface area contributed by atoms with Gasteiger partial charge in [-0.1, -0.05) is 72.8 Å². The van der Waals surface area contributed by atoms with E-state index in [-0.39, 0.29) is 5.25 Å². The highest BCUT2D eigenvalue weighted by Crippen LogP contribution is 2.45. The van der Waals surface area contributed by atoms with Crippen molar-refractivity contribution in [3.05, 3.63) is 145 Å². The summed E-state index contributed by atoms with van der Waals surface area (Å²) < 4.78 is 0. The molecule has 0 aliphatic carbocycles. The van der Waals surface area contributed by atoms with Gasteiger partial charge < -0.3 is 20.9 Å². The fourth-order valence-corrected chi connectivity index (χ4v) is 7.02. The number of aromatic nitrogens is 3. The maximum atomic E-state index is 5.19. The number of aliphatic imine (C=N–C) groups is 1. The van der Waals surface area contributed by atoms with Crippen molar-refractivity contribution in [2.45, 2.75) is 30.4 Å². The summed E-state index contributed by atoms with van der Waals surface area (Å²) in [7, 11) is 0. The molecule has 7 rings (SSSR count). The highest BCUT2D eigenvalue weighted by molar-refractivity contribution is 7.99. The second-order valence-corrected chi connectivity index (χ2v) is 12.8. The molecule has 3 N–H and O–H groups in total. The van der Waals surface area contributed by atoms with Crippen LogP contribution in [0.4, 0.5) is 46.3 Å². The normalized spacial score (nSPS) is 13.8. The quantitative estimate of drug-likeness (QED) is 0.126. The van der Waals surface area contributed by atoms with E-state index >= 15 is 0 Å². The molecule has 0 bridgehead atoms. The maximum Gasteiger partial charge on any atom is 0.233 e. The monoisotopic (exact) mass is 662 g/mol. The number of thioether (sulfide) groups is 1. The molecule has 1 unspecified atom stereocenters. The number of nitrogens with one attached hydrogen (secondary N) is 3. The largest absolute Gasteiger partial charge is 0.372 e. The Kier molecular flexibility index (Phi) is 9.79. The van der Waals surface area contributed by atoms with Crippen molar-refractivity contribution in [2.24, 2.45) is 4.99 Å². The molecule has 6 aromatic rings. The number of benzene rings is 5. The molecule has 0 saturated carbocycles. The average Bonchev–Trinajstić information content (AvgIpc) is 3.34. The Balaban J connectivity index is 1.14. The summed E-state index contributed by atoms with van der Waals surface area (Å²) in [5.41, 5.74) is 8.35. The Bertz CT molecular complexity index is 1950. The zero-order valence-corrected chi connectivity index (χ0v) is 28.4. The van der Waals surface area contributed by atoms with E-state index in [2.05, 4.69) is 110 Å². The van der Waals surface area contributed by atoms with Crippen LogP contribution >= 0.6 is 11.8 Å². The number of hydrogen-bond donors (Lipinski definition) is 3. The van der Waals surface area contributed by atoms with E-state index in [0.717, 1.165) is 53.5 Å². The van der Waals surface area contributed by atoms with Crippen LogP contribution in [0.5, 0.6) is 0 Å². The van der Waals surface area contributed by atoms with Crippen LogP contribution in [0.2, 0.25) is 0 Å². The molecule has 1 aliphatic heterocycles. The molecule has 244 valence electrons. The summed E-state index contributed by atoms with van der Waals surface area (Å²) >= 11 is 1.89. The molecule has 1 atom stereocenters. The number of para-hydroxylation sites is 3. The molecule has 0 spiro atoms. The molecular weight excluding hydrogens is 625 g/mol. The summed E-state index contributed by atoms with van der Waals surface area (Å²) in [5, 5.41) is 10.2. The zero-order chi connectivity index (χ0) is 33.4. The first-order valence-electron chi connectivity index (χ1n) is 16.6. The van der Waals surface area contributed by atoms with Crippen LogP contribution in [0.1, 0.15) is 36.6 Å². The van der Waals surface area contributed by atoms with Crippen molar-refractivity contribution in [2.75, 3.05) is 33.9 Å². The van der Waals surface area contributed by atoms with E-state index in [1.54, 1.807) is 0 Å². The second-order valence-electron chi connectivity index (χ2n) is 11.6. The van der Waals surface area contributed by atoms with Crippen LogP contribution < -0.4 is 20.9 Å². The molecule has 0 saturated heterocycles. The van der Waals surface area contributed by atoms with Gasteiger partial charge in [0.25, 0.3) is 0 Å². The van der Waals surface area contributed by atoms with Gasteiger partial charge in [0, 0.05) is 58.1 Å². The van der Waals surface area contributed by atoms with Crippen LogP contribution in [-0.4, -0.2) is 33.8 Å². The van der Waals surface area contributed by atoms with Gasteiger partial charge in [0.05, 0.1) is 5.69 Å². The molecule has 49 heavy (non-hydrogen) atoms. The third-order valence-electron chi connectivity index (χ3n) is 8.33. The van der Waals surface area contributed by atoms with Crippen LogP contribution in [0, 0.1) is 0 Å². The Hall–Kier alpha value is -5.67. The molecule has 9 heteroatoms. The van der Waals surface area contributed by atoms with Gasteiger partial charge in [0.1, 0.15) is 0 Å². The van der Waals surface area contributed by atoms with Crippen LogP contribution in [0.15, 0.2) is 143 Å². The van der Waals surface area contributed by atoms with Crippen molar-refractivity contribution >= 4 is 63.8 Å². The van der Waals surface area contributed by atoms with E-state index < -0.39 is 0 Å². The van der Waals surface area contributed by atoms with Gasteiger partial charge in [0.2, 0.25) is 17.8 Å². The Morgan fingerprint density at radius 2 is 1.10 bits per heavy atom. The Labute approximate surface area is 291 Å². The molecule has 0 amide bonds. The van der Waals surface area contributed by atoms with E-state index in [1.807, 2.05) is 84.6 Å². The predicted molar refractivity (Wildman–Crippen MR) is 205 cm³/mol. The van der Waals surface area contributed by atoms with Crippen molar-refractivity contribution in [1.82, 2.24) is 15.0 Å². The Morgan fingerprint density at radius 3 is 1.65 bits per heavy atom. The van der Waals surface area contributed by atoms with E-state index in [0.29, 0.717) is 17.8 Å². The predicted octanol–water partition coefficient (Wildman–Crippen LogP) is 10.3. The van der Waals surface area contributed by atoms with Gasteiger partial charge >= 0.3 is 0 Å². The molecule has 1 aromatic heterocycles. The molecule has 8 nitrogen and oxygen atoms in total. The highest BCUT2D eigenvalue weighted by atomic mass is 32.2. The number of hydrogen-bond acceptors (Lipinski definition) is 9. The lowest BCUT2D eigenvalue weighted by molar-refractivity contribution is 0.865. The Morgan fingerprint density at radius 1 is 0.592 bits per heavy atom. The lowest BCUT2D eigenvalue weighted by atomic mass is 10.0. The average molecular weight is 663 g/mol. The molecule has 0 fully saturated rings. The molecule has 1 aliphatic rings. The highest BCUT2D eigenvalue weighted by Gasteiger charge is 2.23. The smallest absolute Gasteiger partial charge is 0.233 e. The molecular formula is C40H38N8S. The minimum absolute atomic E-state index is 0.238. The standard InChI is InChI=1S/C40H38N8S/c1-3-48(4-2)33-25-21-29(22-26-33)37-27-35(44-34-17-11-12-18-36(34)49-37)28-19-23-32(24-20-28)43-40-46-38(41-30-13-7-5-8-14-30)45-39(47-40)42-31-15-9-6-10-16-31/h5-26,37H,3-4,27H2,1-2H3,(H3,41,42,43,45,46,47). The van der Waals surface area contributed by atoms with Gasteiger partial charge in [0.15, 0.2) is 0 Å². The summed E-state index contributed by atoms with van der Waals surface area (Å²) in [6.45, 7) is 6.38. The summed E-state index contributed by atoms with van der Waals surface area (Å²) in [6.07, 6.45) is 0.813. The van der Waals surface area contributed by atoms with E-state index in [1.165, 1.54) is 16.1 Å². The first-order valence-corrected chi connectivity index (χ1v) is 17.5. The van der Waals surface area contributed by atoms with Gasteiger partial charge in [-0.3, -0.25) is 4.99 Å². The van der Waals surface area contributed by atoms with Crippen LogP contribution in [0.25, 0.3) is 0 Å². The van der Waals surface area contributed by atoms with Crippen molar-refractivity contribution in [3.8, 4) is 0 Å². The number of anilines is 7. The van der Waals surface area contributed by atoms with Crippen molar-refractivity contribution in [1.29, 1.82) is 0 Å². The molecule has 0 radical (unpaired) electrons. The number of rotatable bonds is 11. The summed E-state index contributed by atoms with van der Waals surface area (Å²) in [4.78, 5) is 22.7. The van der Waals surface area contributed by atoms with E-state index in [4.69, 9.17) is 4.99 Å². The minimum atomic E-state index is 0.238. The lowest BCUT2D eigenvalue weighted by Gasteiger charge is -2.22. The first-order chi connectivity index (χ1) is 24.1. The van der Waals surface area contributed by atoms with E-state index in [9.17, 15) is 0 Å². The SMILES string of the molecule is CCN(CC)c1ccc(C2CC(c3ccc(Nc4nc(Nc5ccccc5)nc(Nc5ccccc5)n4)cc3)=Nc3ccccc3S2)cc1. The maximum absolute atomic E-state index is 5.19. The third kappa shape index (κ3) is 7.90. The van der Waals surface area contributed by atoms with Crippen molar-refractivity contribution < 1.29 is 0 Å². The van der Waals surface area contributed by atoms with Gasteiger partial charge in [-0.25, -0.2) is 0 Å². The third-order valence-corrected chi connectivity index (χ3v) is 9.65. The number of fused-ring (bicyclic) bond motifs is 1. The van der Waals surface area contributed by atoms with Crippen LogP contribution in [0.3, 0.4) is 0 Å². The summed E-state index contributed by atoms with van der Waals surface area (Å²) in [5.74, 6) is 1.28. The van der Waals surface area contributed by atoms with Gasteiger partial charge in [-0.05, 0) is 85.6 Å². The second kappa shape index (κ2) is 15.0. The fourth-order valence-electron chi connectivity index (χ4n) is 5.79. The summed E-state index contributed by atoms with van der Waals surface area (Å²) in [6, 6.07) is 45.5. The number of nitrogens with zero attached hydrogens (tertiary/aromatic N) is 5. The molecule has 2 heterocycles. The minimum Gasteiger partial charge on any atom is -0.372 e. The molecule has 5 aromatic carbocycles. The van der Waals surface area contributed by atoms with Crippen LogP contribution in [-0.2, 0) is 0 Å². The van der Waals surface area contributed by atoms with Crippen molar-refractivity contribution in [3.63, 3.8) is 0 Å². The van der Waals surface area contributed by atoms with Gasteiger partial charge in [-0.15, -0.1) is 11.8 Å². The lowest BCUT2D eigenvalue weighted by Crippen LogP contribution is -2.21. The fraction of sp³-hybridized carbons (Fsp3) is 0.150. The topological polar surface area (TPSA) is 90.4 Å².